The van der Waals surface area contributed by atoms with Gasteiger partial charge < -0.3 is 14.2 Å². The number of methoxy groups -OCH3 is 2. The Morgan fingerprint density at radius 1 is 1.10 bits per heavy atom. The van der Waals surface area contributed by atoms with Crippen LogP contribution < -0.4 is 9.04 Å². The van der Waals surface area contributed by atoms with Crippen molar-refractivity contribution in [1.82, 2.24) is 0 Å². The van der Waals surface area contributed by atoms with Crippen LogP contribution in [0.1, 0.15) is 22.8 Å². The van der Waals surface area contributed by atoms with Gasteiger partial charge in [0.1, 0.15) is 6.54 Å². The first-order chi connectivity index (χ1) is 14.1. The SMILES string of the molecule is CCOC(=O)c1ccc(C)c(N(CC(=O)OC)S(=O)(=O)c2ccc(OC)c(F)c2)c1. The summed E-state index contributed by atoms with van der Waals surface area (Å²) in [6, 6.07) is 7.42. The zero-order chi connectivity index (χ0) is 22.5. The van der Waals surface area contributed by atoms with Gasteiger partial charge in [-0.3, -0.25) is 9.10 Å². The second kappa shape index (κ2) is 9.57. The highest BCUT2D eigenvalue weighted by Gasteiger charge is 2.30. The Labute approximate surface area is 174 Å². The summed E-state index contributed by atoms with van der Waals surface area (Å²) in [4.78, 5) is 23.7. The molecule has 0 aliphatic rings. The molecule has 0 aliphatic heterocycles. The minimum Gasteiger partial charge on any atom is -0.494 e. The first kappa shape index (κ1) is 23.1. The third kappa shape index (κ3) is 4.88. The van der Waals surface area contributed by atoms with Gasteiger partial charge in [-0.2, -0.15) is 0 Å². The fourth-order valence-corrected chi connectivity index (χ4v) is 4.11. The van der Waals surface area contributed by atoms with Gasteiger partial charge in [0.2, 0.25) is 0 Å². The number of anilines is 1. The lowest BCUT2D eigenvalue weighted by atomic mass is 10.1. The van der Waals surface area contributed by atoms with Crippen molar-refractivity contribution in [2.24, 2.45) is 0 Å². The van der Waals surface area contributed by atoms with Crippen LogP contribution in [0, 0.1) is 12.7 Å². The molecule has 10 heteroatoms. The lowest BCUT2D eigenvalue weighted by Gasteiger charge is -2.25. The molecule has 8 nitrogen and oxygen atoms in total. The van der Waals surface area contributed by atoms with E-state index in [-0.39, 0.29) is 23.6 Å². The summed E-state index contributed by atoms with van der Waals surface area (Å²) in [5, 5.41) is 0. The highest BCUT2D eigenvalue weighted by Crippen LogP contribution is 2.30. The van der Waals surface area contributed by atoms with Crippen LogP contribution in [0.5, 0.6) is 5.75 Å². The van der Waals surface area contributed by atoms with Crippen LogP contribution in [0.25, 0.3) is 0 Å². The van der Waals surface area contributed by atoms with Crippen LogP contribution in [0.4, 0.5) is 10.1 Å². The monoisotopic (exact) mass is 439 g/mol. The number of halogens is 1. The molecule has 0 bridgehead atoms. The van der Waals surface area contributed by atoms with Crippen LogP contribution >= 0.6 is 0 Å². The van der Waals surface area contributed by atoms with Crippen molar-refractivity contribution >= 4 is 27.6 Å². The molecule has 0 heterocycles. The summed E-state index contributed by atoms with van der Waals surface area (Å²) >= 11 is 0. The van der Waals surface area contributed by atoms with Crippen molar-refractivity contribution in [3.63, 3.8) is 0 Å². The van der Waals surface area contributed by atoms with Crippen molar-refractivity contribution < 1.29 is 36.6 Å². The van der Waals surface area contributed by atoms with Gasteiger partial charge in [-0.15, -0.1) is 0 Å². The van der Waals surface area contributed by atoms with E-state index in [2.05, 4.69) is 4.74 Å². The quantitative estimate of drug-likeness (QED) is 0.583. The summed E-state index contributed by atoms with van der Waals surface area (Å²) in [5.74, 6) is -2.50. The number of esters is 2. The molecule has 162 valence electrons. The molecule has 0 aromatic heterocycles. The van der Waals surface area contributed by atoms with E-state index in [0.29, 0.717) is 5.56 Å². The second-order valence-electron chi connectivity index (χ2n) is 6.11. The summed E-state index contributed by atoms with van der Waals surface area (Å²) in [6.07, 6.45) is 0. The van der Waals surface area contributed by atoms with E-state index in [1.807, 2.05) is 0 Å². The van der Waals surface area contributed by atoms with E-state index < -0.39 is 39.2 Å². The third-order valence-electron chi connectivity index (χ3n) is 4.20. The van der Waals surface area contributed by atoms with Gasteiger partial charge in [-0.05, 0) is 49.7 Å². The Balaban J connectivity index is 2.64. The summed E-state index contributed by atoms with van der Waals surface area (Å²) in [5.41, 5.74) is 0.620. The van der Waals surface area contributed by atoms with Gasteiger partial charge in [0, 0.05) is 0 Å². The highest BCUT2D eigenvalue weighted by molar-refractivity contribution is 7.92. The molecule has 0 unspecified atom stereocenters. The molecule has 0 aliphatic carbocycles. The zero-order valence-corrected chi connectivity index (χ0v) is 17.8. The van der Waals surface area contributed by atoms with E-state index in [4.69, 9.17) is 9.47 Å². The number of carbonyl (C=O) groups excluding carboxylic acids is 2. The van der Waals surface area contributed by atoms with Gasteiger partial charge >= 0.3 is 11.9 Å². The summed E-state index contributed by atoms with van der Waals surface area (Å²) in [6.45, 7) is 2.70. The first-order valence-corrected chi connectivity index (χ1v) is 10.3. The van der Waals surface area contributed by atoms with Crippen molar-refractivity contribution in [2.45, 2.75) is 18.7 Å². The van der Waals surface area contributed by atoms with E-state index in [1.165, 1.54) is 31.4 Å². The Kier molecular flexibility index (Phi) is 7.38. The molecule has 0 amide bonds. The molecule has 2 rings (SSSR count). The molecule has 0 spiro atoms. The van der Waals surface area contributed by atoms with E-state index in [9.17, 15) is 22.4 Å². The average Bonchev–Trinajstić information content (AvgIpc) is 2.72. The minimum atomic E-state index is -4.40. The van der Waals surface area contributed by atoms with Gasteiger partial charge in [-0.1, -0.05) is 6.07 Å². The van der Waals surface area contributed by atoms with Crippen molar-refractivity contribution in [3.8, 4) is 5.75 Å². The van der Waals surface area contributed by atoms with Crippen LogP contribution in [-0.2, 0) is 24.3 Å². The maximum absolute atomic E-state index is 14.1. The predicted octanol–water partition coefficient (Wildman–Crippen LogP) is 2.69. The van der Waals surface area contributed by atoms with E-state index >= 15 is 0 Å². The third-order valence-corrected chi connectivity index (χ3v) is 5.96. The molecule has 0 N–H and O–H groups in total. The molecule has 0 radical (unpaired) electrons. The average molecular weight is 439 g/mol. The van der Waals surface area contributed by atoms with Gasteiger partial charge in [0.05, 0.1) is 37.0 Å². The molecule has 0 atom stereocenters. The van der Waals surface area contributed by atoms with E-state index in [1.54, 1.807) is 13.8 Å². The highest BCUT2D eigenvalue weighted by atomic mass is 32.2. The van der Waals surface area contributed by atoms with Gasteiger partial charge in [-0.25, -0.2) is 17.6 Å². The fourth-order valence-electron chi connectivity index (χ4n) is 2.64. The summed E-state index contributed by atoms with van der Waals surface area (Å²) in [7, 11) is -2.04. The fraction of sp³-hybridized carbons (Fsp3) is 0.300. The predicted molar refractivity (Wildman–Crippen MR) is 107 cm³/mol. The van der Waals surface area contributed by atoms with E-state index in [0.717, 1.165) is 23.5 Å². The normalized spacial score (nSPS) is 11.0. The van der Waals surface area contributed by atoms with Gasteiger partial charge in [0.25, 0.3) is 10.0 Å². The topological polar surface area (TPSA) is 99.2 Å². The number of sulfonamides is 1. The van der Waals surface area contributed by atoms with Crippen molar-refractivity contribution in [3.05, 3.63) is 53.3 Å². The van der Waals surface area contributed by atoms with Crippen LogP contribution in [0.15, 0.2) is 41.3 Å². The maximum atomic E-state index is 14.1. The standard InChI is InChI=1S/C20H22FNO7S/c1-5-29-20(24)14-7-6-13(2)17(10-14)22(12-19(23)28-4)30(25,26)15-8-9-18(27-3)16(21)11-15/h6-11H,5,12H2,1-4H3. The number of carbonyl (C=O) groups is 2. The number of hydrogen-bond donors (Lipinski definition) is 0. The molecule has 2 aromatic carbocycles. The number of aryl methyl sites for hydroxylation is 1. The molecule has 0 saturated carbocycles. The maximum Gasteiger partial charge on any atom is 0.338 e. The lowest BCUT2D eigenvalue weighted by molar-refractivity contribution is -0.138. The minimum absolute atomic E-state index is 0.0576. The largest absolute Gasteiger partial charge is 0.494 e. The summed E-state index contributed by atoms with van der Waals surface area (Å²) < 4.78 is 55.9. The number of nitrogens with zero attached hydrogens (tertiary/aromatic N) is 1. The van der Waals surface area contributed by atoms with Crippen molar-refractivity contribution in [1.29, 1.82) is 0 Å². The van der Waals surface area contributed by atoms with Gasteiger partial charge in [0.15, 0.2) is 11.6 Å². The van der Waals surface area contributed by atoms with Crippen LogP contribution in [0.2, 0.25) is 0 Å². The zero-order valence-electron chi connectivity index (χ0n) is 17.0. The smallest absolute Gasteiger partial charge is 0.338 e. The Hall–Kier alpha value is -3.14. The molecule has 30 heavy (non-hydrogen) atoms. The Morgan fingerprint density at radius 3 is 2.37 bits per heavy atom. The first-order valence-electron chi connectivity index (χ1n) is 8.86. The number of benzene rings is 2. The number of ether oxygens (including phenoxy) is 3. The van der Waals surface area contributed by atoms with Crippen LogP contribution in [0.3, 0.4) is 0 Å². The Bertz CT molecular complexity index is 1050. The molecule has 0 fully saturated rings. The Morgan fingerprint density at radius 2 is 1.80 bits per heavy atom. The van der Waals surface area contributed by atoms with Crippen molar-refractivity contribution in [2.75, 3.05) is 31.7 Å². The molecular formula is C20H22FNO7S. The molecule has 2 aromatic rings. The number of hydrogen-bond acceptors (Lipinski definition) is 7. The van der Waals surface area contributed by atoms with Crippen LogP contribution in [-0.4, -0.2) is 47.7 Å². The molecular weight excluding hydrogens is 417 g/mol. The molecule has 0 saturated heterocycles. The number of rotatable bonds is 8. The lowest BCUT2D eigenvalue weighted by Crippen LogP contribution is -2.37. The second-order valence-corrected chi connectivity index (χ2v) is 7.97.